The van der Waals surface area contributed by atoms with Crippen LogP contribution in [0.3, 0.4) is 0 Å². The molecule has 2 rings (SSSR count). The van der Waals surface area contributed by atoms with Gasteiger partial charge in [-0.05, 0) is 43.0 Å². The van der Waals surface area contributed by atoms with E-state index >= 15 is 0 Å². The minimum Gasteiger partial charge on any atom is -0.313 e. The maximum atomic E-state index is 4.22. The average Bonchev–Trinajstić information content (AvgIpc) is 2.85. The van der Waals surface area contributed by atoms with Crippen LogP contribution in [-0.4, -0.2) is 16.8 Å². The molecule has 0 amide bonds. The molecule has 0 saturated carbocycles. The topological polar surface area (TPSA) is 29.9 Å². The number of nitrogens with one attached hydrogen (secondary N) is 1. The van der Waals surface area contributed by atoms with E-state index in [0.29, 0.717) is 12.0 Å². The number of nitrogens with zero attached hydrogens (tertiary/aromatic N) is 2. The molecule has 0 radical (unpaired) electrons. The third-order valence-electron chi connectivity index (χ3n) is 3.97. The first-order chi connectivity index (χ1) is 9.61. The van der Waals surface area contributed by atoms with E-state index in [2.05, 4.69) is 54.6 Å². The van der Waals surface area contributed by atoms with Crippen molar-refractivity contribution in [2.45, 2.75) is 38.6 Å². The zero-order valence-corrected chi connectivity index (χ0v) is 12.9. The van der Waals surface area contributed by atoms with Crippen LogP contribution in [0.5, 0.6) is 0 Å². The SMILES string of the molecule is CNC(CCc1ccnn1C)c1ccc(C(C)C)cc1. The second kappa shape index (κ2) is 6.71. The molecule has 108 valence electrons. The van der Waals surface area contributed by atoms with E-state index in [1.54, 1.807) is 0 Å². The lowest BCUT2D eigenvalue weighted by atomic mass is 9.96. The molecule has 1 unspecified atom stereocenters. The summed E-state index contributed by atoms with van der Waals surface area (Å²) in [5, 5.41) is 7.64. The predicted octanol–water partition coefficient (Wildman–Crippen LogP) is 3.44. The lowest BCUT2D eigenvalue weighted by Gasteiger charge is -2.17. The lowest BCUT2D eigenvalue weighted by molar-refractivity contribution is 0.535. The van der Waals surface area contributed by atoms with Crippen molar-refractivity contribution in [3.63, 3.8) is 0 Å². The van der Waals surface area contributed by atoms with Crippen LogP contribution in [-0.2, 0) is 13.5 Å². The second-order valence-corrected chi connectivity index (χ2v) is 5.65. The van der Waals surface area contributed by atoms with Crippen LogP contribution in [0.4, 0.5) is 0 Å². The molecule has 20 heavy (non-hydrogen) atoms. The van der Waals surface area contributed by atoms with Crippen molar-refractivity contribution in [2.75, 3.05) is 7.05 Å². The molecule has 0 aliphatic carbocycles. The van der Waals surface area contributed by atoms with Crippen molar-refractivity contribution in [3.05, 3.63) is 53.3 Å². The third kappa shape index (κ3) is 3.48. The smallest absolute Gasteiger partial charge is 0.0492 e. The molecule has 2 aromatic rings. The van der Waals surface area contributed by atoms with Crippen molar-refractivity contribution >= 4 is 0 Å². The van der Waals surface area contributed by atoms with Crippen LogP contribution < -0.4 is 5.32 Å². The molecule has 3 nitrogen and oxygen atoms in total. The first kappa shape index (κ1) is 14.8. The molecule has 0 saturated heterocycles. The van der Waals surface area contributed by atoms with Gasteiger partial charge in [-0.1, -0.05) is 38.1 Å². The molecule has 1 aromatic carbocycles. The van der Waals surface area contributed by atoms with Gasteiger partial charge in [0.25, 0.3) is 0 Å². The fourth-order valence-corrected chi connectivity index (χ4v) is 2.53. The second-order valence-electron chi connectivity index (χ2n) is 5.65. The molecule has 0 bridgehead atoms. The summed E-state index contributed by atoms with van der Waals surface area (Å²) in [6.45, 7) is 4.46. The molecule has 1 N–H and O–H groups in total. The van der Waals surface area contributed by atoms with Gasteiger partial charge in [0.2, 0.25) is 0 Å². The Morgan fingerprint density at radius 2 is 1.75 bits per heavy atom. The van der Waals surface area contributed by atoms with Crippen LogP contribution in [0.2, 0.25) is 0 Å². The molecule has 0 spiro atoms. The maximum Gasteiger partial charge on any atom is 0.0492 e. The number of benzene rings is 1. The zero-order valence-electron chi connectivity index (χ0n) is 12.9. The lowest BCUT2D eigenvalue weighted by Crippen LogP contribution is -2.17. The van der Waals surface area contributed by atoms with Gasteiger partial charge in [-0.15, -0.1) is 0 Å². The van der Waals surface area contributed by atoms with Gasteiger partial charge in [0.15, 0.2) is 0 Å². The van der Waals surface area contributed by atoms with E-state index in [-0.39, 0.29) is 0 Å². The van der Waals surface area contributed by atoms with E-state index in [4.69, 9.17) is 0 Å². The largest absolute Gasteiger partial charge is 0.313 e. The van der Waals surface area contributed by atoms with Crippen LogP contribution in [0, 0.1) is 0 Å². The Hall–Kier alpha value is -1.61. The Kier molecular flexibility index (Phi) is 4.96. The first-order valence-electron chi connectivity index (χ1n) is 7.35. The summed E-state index contributed by atoms with van der Waals surface area (Å²) in [6, 6.07) is 11.5. The van der Waals surface area contributed by atoms with Gasteiger partial charge in [0.1, 0.15) is 0 Å². The summed E-state index contributed by atoms with van der Waals surface area (Å²) >= 11 is 0. The average molecular weight is 271 g/mol. The number of aromatic nitrogens is 2. The summed E-state index contributed by atoms with van der Waals surface area (Å²) in [5.74, 6) is 0.589. The third-order valence-corrected chi connectivity index (χ3v) is 3.97. The maximum absolute atomic E-state index is 4.22. The quantitative estimate of drug-likeness (QED) is 0.872. The minimum atomic E-state index is 0.395. The monoisotopic (exact) mass is 271 g/mol. The molecule has 1 atom stereocenters. The number of hydrogen-bond acceptors (Lipinski definition) is 2. The Labute approximate surface area is 122 Å². The van der Waals surface area contributed by atoms with E-state index in [0.717, 1.165) is 12.8 Å². The van der Waals surface area contributed by atoms with Crippen molar-refractivity contribution in [3.8, 4) is 0 Å². The normalized spacial score (nSPS) is 12.8. The van der Waals surface area contributed by atoms with Gasteiger partial charge in [-0.3, -0.25) is 4.68 Å². The molecular weight excluding hydrogens is 246 g/mol. The van der Waals surface area contributed by atoms with E-state index in [1.807, 2.05) is 25.0 Å². The highest BCUT2D eigenvalue weighted by atomic mass is 15.2. The molecule has 0 aliphatic heterocycles. The summed E-state index contributed by atoms with van der Waals surface area (Å²) < 4.78 is 1.95. The van der Waals surface area contributed by atoms with Gasteiger partial charge in [-0.2, -0.15) is 5.10 Å². The predicted molar refractivity (Wildman–Crippen MR) is 83.9 cm³/mol. The summed E-state index contributed by atoms with van der Waals surface area (Å²) in [7, 11) is 4.03. The van der Waals surface area contributed by atoms with Gasteiger partial charge < -0.3 is 5.32 Å². The fourth-order valence-electron chi connectivity index (χ4n) is 2.53. The van der Waals surface area contributed by atoms with Crippen LogP contribution in [0.1, 0.15) is 49.0 Å². The van der Waals surface area contributed by atoms with E-state index < -0.39 is 0 Å². The Bertz CT molecular complexity index is 525. The minimum absolute atomic E-state index is 0.395. The summed E-state index contributed by atoms with van der Waals surface area (Å²) in [4.78, 5) is 0. The Balaban J connectivity index is 2.02. The van der Waals surface area contributed by atoms with E-state index in [9.17, 15) is 0 Å². The van der Waals surface area contributed by atoms with Gasteiger partial charge >= 0.3 is 0 Å². The van der Waals surface area contributed by atoms with Crippen molar-refractivity contribution in [1.29, 1.82) is 0 Å². The molecule has 1 heterocycles. The zero-order chi connectivity index (χ0) is 14.5. The van der Waals surface area contributed by atoms with Crippen molar-refractivity contribution in [1.82, 2.24) is 15.1 Å². The Morgan fingerprint density at radius 1 is 1.10 bits per heavy atom. The molecule has 3 heteroatoms. The first-order valence-corrected chi connectivity index (χ1v) is 7.35. The van der Waals surface area contributed by atoms with E-state index in [1.165, 1.54) is 16.8 Å². The highest BCUT2D eigenvalue weighted by Crippen LogP contribution is 2.22. The number of rotatable bonds is 6. The number of hydrogen-bond donors (Lipinski definition) is 1. The van der Waals surface area contributed by atoms with Gasteiger partial charge in [0, 0.05) is 25.0 Å². The van der Waals surface area contributed by atoms with Crippen LogP contribution in [0.15, 0.2) is 36.5 Å². The highest BCUT2D eigenvalue weighted by molar-refractivity contribution is 5.27. The Morgan fingerprint density at radius 3 is 2.25 bits per heavy atom. The molecule has 0 fully saturated rings. The van der Waals surface area contributed by atoms with Gasteiger partial charge in [-0.25, -0.2) is 0 Å². The molecule has 1 aromatic heterocycles. The number of aryl methyl sites for hydroxylation is 2. The summed E-state index contributed by atoms with van der Waals surface area (Å²) in [5.41, 5.74) is 4.04. The highest BCUT2D eigenvalue weighted by Gasteiger charge is 2.11. The van der Waals surface area contributed by atoms with Crippen LogP contribution in [0.25, 0.3) is 0 Å². The molecular formula is C17H25N3. The molecule has 0 aliphatic rings. The van der Waals surface area contributed by atoms with Gasteiger partial charge in [0.05, 0.1) is 0 Å². The van der Waals surface area contributed by atoms with Crippen LogP contribution >= 0.6 is 0 Å². The standard InChI is InChI=1S/C17H25N3/c1-13(2)14-5-7-15(8-6-14)17(18-3)10-9-16-11-12-19-20(16)4/h5-8,11-13,17-18H,9-10H2,1-4H3. The van der Waals surface area contributed by atoms with Crippen molar-refractivity contribution in [2.24, 2.45) is 7.05 Å². The van der Waals surface area contributed by atoms with Crippen molar-refractivity contribution < 1.29 is 0 Å². The fraction of sp³-hybridized carbons (Fsp3) is 0.471. The summed E-state index contributed by atoms with van der Waals surface area (Å²) in [6.07, 6.45) is 3.98.